The number of hydrogen-bond acceptors (Lipinski definition) is 7. The molecule has 1 aliphatic rings. The lowest BCUT2D eigenvalue weighted by Crippen LogP contribution is -2.39. The summed E-state index contributed by atoms with van der Waals surface area (Å²) in [6.07, 6.45) is 1.57. The van der Waals surface area contributed by atoms with Crippen LogP contribution in [-0.2, 0) is 11.3 Å². The van der Waals surface area contributed by atoms with Gasteiger partial charge in [-0.15, -0.1) is 5.10 Å². The van der Waals surface area contributed by atoms with Crippen LogP contribution in [0.25, 0.3) is 10.3 Å². The van der Waals surface area contributed by atoms with Crippen molar-refractivity contribution in [3.63, 3.8) is 0 Å². The van der Waals surface area contributed by atoms with E-state index in [1.54, 1.807) is 10.9 Å². The molecule has 96 valence electrons. The van der Waals surface area contributed by atoms with Gasteiger partial charge in [0.2, 0.25) is 0 Å². The van der Waals surface area contributed by atoms with Gasteiger partial charge < -0.3 is 4.74 Å². The molecule has 2 aromatic rings. The van der Waals surface area contributed by atoms with E-state index in [-0.39, 0.29) is 5.56 Å². The maximum Gasteiger partial charge on any atom is 0.282 e. The molecule has 1 aliphatic heterocycles. The van der Waals surface area contributed by atoms with Crippen molar-refractivity contribution in [2.24, 2.45) is 0 Å². The summed E-state index contributed by atoms with van der Waals surface area (Å²) in [6.45, 7) is 4.82. The standard InChI is InChI=1S/C10H13N5O2S/c16-10-8-9(18-13-12-8)11-7-15(10)2-1-14-3-5-17-6-4-14/h7H,1-6H2. The number of morpholine rings is 1. The van der Waals surface area contributed by atoms with Gasteiger partial charge in [0.1, 0.15) is 0 Å². The fourth-order valence-electron chi connectivity index (χ4n) is 1.95. The van der Waals surface area contributed by atoms with Crippen molar-refractivity contribution in [2.75, 3.05) is 32.8 Å². The Morgan fingerprint density at radius 3 is 3.00 bits per heavy atom. The van der Waals surface area contributed by atoms with Crippen LogP contribution in [0.2, 0.25) is 0 Å². The molecule has 0 spiro atoms. The molecule has 0 aromatic carbocycles. The van der Waals surface area contributed by atoms with Crippen molar-refractivity contribution in [1.29, 1.82) is 0 Å². The Hall–Kier alpha value is -1.38. The lowest BCUT2D eigenvalue weighted by molar-refractivity contribution is 0.0362. The summed E-state index contributed by atoms with van der Waals surface area (Å²) >= 11 is 1.14. The first-order valence-electron chi connectivity index (χ1n) is 5.82. The van der Waals surface area contributed by atoms with Crippen molar-refractivity contribution in [1.82, 2.24) is 24.0 Å². The number of aromatic nitrogens is 4. The summed E-state index contributed by atoms with van der Waals surface area (Å²) in [7, 11) is 0. The SMILES string of the molecule is O=c1c2nnsc2ncn1CCN1CCOCC1. The van der Waals surface area contributed by atoms with E-state index in [1.807, 2.05) is 0 Å². The van der Waals surface area contributed by atoms with Crippen molar-refractivity contribution in [3.8, 4) is 0 Å². The second-order valence-corrected chi connectivity index (χ2v) is 4.86. The highest BCUT2D eigenvalue weighted by molar-refractivity contribution is 7.12. The molecule has 7 nitrogen and oxygen atoms in total. The highest BCUT2D eigenvalue weighted by atomic mass is 32.1. The van der Waals surface area contributed by atoms with Gasteiger partial charge in [-0.25, -0.2) is 4.98 Å². The predicted octanol–water partition coefficient (Wildman–Crippen LogP) is -0.420. The molecular formula is C10H13N5O2S. The molecule has 3 heterocycles. The first kappa shape index (κ1) is 11.7. The third-order valence-electron chi connectivity index (χ3n) is 3.01. The molecule has 0 aliphatic carbocycles. The van der Waals surface area contributed by atoms with Crippen LogP contribution in [0.3, 0.4) is 0 Å². The molecule has 0 N–H and O–H groups in total. The number of fused-ring (bicyclic) bond motifs is 1. The Bertz CT molecular complexity index is 589. The Balaban J connectivity index is 1.74. The van der Waals surface area contributed by atoms with Crippen molar-refractivity contribution in [3.05, 3.63) is 16.7 Å². The Labute approximate surface area is 107 Å². The largest absolute Gasteiger partial charge is 0.379 e. The fourth-order valence-corrected chi connectivity index (χ4v) is 2.46. The van der Waals surface area contributed by atoms with Crippen molar-refractivity contribution >= 4 is 21.9 Å². The van der Waals surface area contributed by atoms with Crippen LogP contribution in [0, 0.1) is 0 Å². The normalized spacial score (nSPS) is 17.3. The zero-order valence-corrected chi connectivity index (χ0v) is 10.6. The quantitative estimate of drug-likeness (QED) is 0.752. The topological polar surface area (TPSA) is 73.1 Å². The number of ether oxygens (including phenoxy) is 1. The summed E-state index contributed by atoms with van der Waals surface area (Å²) in [6, 6.07) is 0. The minimum absolute atomic E-state index is 0.109. The molecule has 2 aromatic heterocycles. The molecule has 0 radical (unpaired) electrons. The third-order valence-corrected chi connectivity index (χ3v) is 3.64. The lowest BCUT2D eigenvalue weighted by Gasteiger charge is -2.26. The predicted molar refractivity (Wildman–Crippen MR) is 66.7 cm³/mol. The second-order valence-electron chi connectivity index (χ2n) is 4.12. The summed E-state index contributed by atoms with van der Waals surface area (Å²) in [4.78, 5) is 19.1. The van der Waals surface area contributed by atoms with Crippen LogP contribution in [-0.4, -0.2) is 56.9 Å². The Kier molecular flexibility index (Phi) is 3.31. The van der Waals surface area contributed by atoms with E-state index >= 15 is 0 Å². The van der Waals surface area contributed by atoms with Crippen molar-refractivity contribution < 1.29 is 4.74 Å². The summed E-state index contributed by atoms with van der Waals surface area (Å²) in [5.74, 6) is 0. The average molecular weight is 267 g/mol. The smallest absolute Gasteiger partial charge is 0.282 e. The Morgan fingerprint density at radius 2 is 2.17 bits per heavy atom. The van der Waals surface area contributed by atoms with Gasteiger partial charge in [-0.2, -0.15) is 0 Å². The molecule has 1 fully saturated rings. The van der Waals surface area contributed by atoms with Gasteiger partial charge >= 0.3 is 0 Å². The molecule has 3 rings (SSSR count). The Morgan fingerprint density at radius 1 is 1.33 bits per heavy atom. The van der Waals surface area contributed by atoms with E-state index in [4.69, 9.17) is 4.74 Å². The fraction of sp³-hybridized carbons (Fsp3) is 0.600. The number of hydrogen-bond donors (Lipinski definition) is 0. The monoisotopic (exact) mass is 267 g/mol. The van der Waals surface area contributed by atoms with Gasteiger partial charge in [0.25, 0.3) is 5.56 Å². The maximum absolute atomic E-state index is 12.0. The molecule has 0 amide bonds. The van der Waals surface area contributed by atoms with E-state index < -0.39 is 0 Å². The first-order chi connectivity index (χ1) is 8.84. The molecule has 18 heavy (non-hydrogen) atoms. The van der Waals surface area contributed by atoms with Gasteiger partial charge in [0, 0.05) is 37.7 Å². The molecule has 8 heteroatoms. The average Bonchev–Trinajstić information content (AvgIpc) is 2.88. The van der Waals surface area contributed by atoms with Crippen LogP contribution in [0.4, 0.5) is 0 Å². The second kappa shape index (κ2) is 5.09. The molecule has 0 saturated carbocycles. The molecular weight excluding hydrogens is 254 g/mol. The summed E-state index contributed by atoms with van der Waals surface area (Å²) in [5, 5.41) is 3.81. The highest BCUT2D eigenvalue weighted by Gasteiger charge is 2.12. The van der Waals surface area contributed by atoms with Crippen LogP contribution < -0.4 is 5.56 Å². The van der Waals surface area contributed by atoms with E-state index in [0.717, 1.165) is 44.4 Å². The lowest BCUT2D eigenvalue weighted by atomic mass is 10.4. The van der Waals surface area contributed by atoms with Crippen LogP contribution >= 0.6 is 11.5 Å². The van der Waals surface area contributed by atoms with E-state index in [9.17, 15) is 4.79 Å². The molecule has 1 saturated heterocycles. The van der Waals surface area contributed by atoms with Gasteiger partial charge in [0.05, 0.1) is 19.5 Å². The zero-order chi connectivity index (χ0) is 12.4. The first-order valence-corrected chi connectivity index (χ1v) is 6.59. The van der Waals surface area contributed by atoms with Gasteiger partial charge in [-0.1, -0.05) is 4.49 Å². The van der Waals surface area contributed by atoms with E-state index in [2.05, 4.69) is 19.5 Å². The van der Waals surface area contributed by atoms with Crippen LogP contribution in [0.5, 0.6) is 0 Å². The van der Waals surface area contributed by atoms with E-state index in [1.165, 1.54) is 0 Å². The number of nitrogens with zero attached hydrogens (tertiary/aromatic N) is 5. The summed E-state index contributed by atoms with van der Waals surface area (Å²) in [5.41, 5.74) is 0.256. The van der Waals surface area contributed by atoms with Gasteiger partial charge in [0.15, 0.2) is 10.3 Å². The van der Waals surface area contributed by atoms with Gasteiger partial charge in [-0.05, 0) is 0 Å². The highest BCUT2D eigenvalue weighted by Crippen LogP contribution is 2.06. The van der Waals surface area contributed by atoms with Crippen molar-refractivity contribution in [2.45, 2.75) is 6.54 Å². The van der Waals surface area contributed by atoms with Crippen LogP contribution in [0.15, 0.2) is 11.1 Å². The summed E-state index contributed by atoms with van der Waals surface area (Å²) < 4.78 is 10.6. The molecule has 0 bridgehead atoms. The molecule has 0 atom stereocenters. The minimum Gasteiger partial charge on any atom is -0.379 e. The minimum atomic E-state index is -0.109. The van der Waals surface area contributed by atoms with E-state index in [0.29, 0.717) is 16.9 Å². The molecule has 0 unspecified atom stereocenters. The maximum atomic E-state index is 12.0. The van der Waals surface area contributed by atoms with Gasteiger partial charge in [-0.3, -0.25) is 14.3 Å². The number of rotatable bonds is 3. The third kappa shape index (κ3) is 2.26. The van der Waals surface area contributed by atoms with Crippen LogP contribution in [0.1, 0.15) is 0 Å². The zero-order valence-electron chi connectivity index (χ0n) is 9.78.